The van der Waals surface area contributed by atoms with E-state index in [0.29, 0.717) is 18.4 Å². The van der Waals surface area contributed by atoms with Crippen molar-refractivity contribution in [3.63, 3.8) is 0 Å². The molecule has 0 bridgehead atoms. The third-order valence-electron chi connectivity index (χ3n) is 6.99. The number of piperidine rings is 1. The molecule has 178 valence electrons. The number of hydrogen-bond donors (Lipinski definition) is 2. The zero-order valence-corrected chi connectivity index (χ0v) is 19.5. The van der Waals surface area contributed by atoms with Gasteiger partial charge < -0.3 is 15.8 Å². The summed E-state index contributed by atoms with van der Waals surface area (Å²) in [6.07, 6.45) is 4.83. The van der Waals surface area contributed by atoms with Gasteiger partial charge in [0.15, 0.2) is 0 Å². The van der Waals surface area contributed by atoms with Crippen molar-refractivity contribution in [3.8, 4) is 17.0 Å². The lowest BCUT2D eigenvalue weighted by Gasteiger charge is -2.31. The lowest BCUT2D eigenvalue weighted by atomic mass is 9.89. The quantitative estimate of drug-likeness (QED) is 0.447. The molecule has 4 heterocycles. The van der Waals surface area contributed by atoms with Crippen LogP contribution in [0.3, 0.4) is 0 Å². The topological polar surface area (TPSA) is 97.8 Å². The maximum absolute atomic E-state index is 11.2. The lowest BCUT2D eigenvalue weighted by molar-refractivity contribution is -0.119. The van der Waals surface area contributed by atoms with Crippen LogP contribution in [0.25, 0.3) is 16.8 Å². The molecule has 0 unspecified atom stereocenters. The first kappa shape index (κ1) is 21.6. The molecule has 1 amide bonds. The lowest BCUT2D eigenvalue weighted by Crippen LogP contribution is -2.39. The van der Waals surface area contributed by atoms with Crippen molar-refractivity contribution in [1.82, 2.24) is 19.5 Å². The summed E-state index contributed by atoms with van der Waals surface area (Å²) in [4.78, 5) is 17.8. The van der Waals surface area contributed by atoms with Crippen LogP contribution in [0, 0.1) is 0 Å². The minimum atomic E-state index is -0.257. The number of anilines is 2. The fourth-order valence-electron chi connectivity index (χ4n) is 5.19. The molecule has 0 aliphatic carbocycles. The number of ether oxygens (including phenoxy) is 1. The summed E-state index contributed by atoms with van der Waals surface area (Å²) in [5, 5.41) is 8.11. The van der Waals surface area contributed by atoms with Gasteiger partial charge in [-0.05, 0) is 73.3 Å². The number of benzene rings is 2. The Balaban J connectivity index is 1.18. The van der Waals surface area contributed by atoms with E-state index in [0.717, 1.165) is 67.2 Å². The van der Waals surface area contributed by atoms with E-state index >= 15 is 0 Å². The summed E-state index contributed by atoms with van der Waals surface area (Å²) in [7, 11) is 0. The molecule has 2 aromatic heterocycles. The summed E-state index contributed by atoms with van der Waals surface area (Å²) in [6, 6.07) is 18.9. The van der Waals surface area contributed by atoms with E-state index in [1.54, 1.807) is 0 Å². The van der Waals surface area contributed by atoms with E-state index in [-0.39, 0.29) is 5.91 Å². The van der Waals surface area contributed by atoms with Crippen LogP contribution in [0.1, 0.15) is 29.9 Å². The van der Waals surface area contributed by atoms with Gasteiger partial charge in [0, 0.05) is 17.7 Å². The molecule has 3 N–H and O–H groups in total. The zero-order chi connectivity index (χ0) is 23.8. The Morgan fingerprint density at radius 3 is 2.71 bits per heavy atom. The first-order valence-corrected chi connectivity index (χ1v) is 12.1. The van der Waals surface area contributed by atoms with Crippen LogP contribution in [0.2, 0.25) is 0 Å². The van der Waals surface area contributed by atoms with Gasteiger partial charge in [-0.25, -0.2) is 9.50 Å². The van der Waals surface area contributed by atoms with Crippen molar-refractivity contribution in [1.29, 1.82) is 0 Å². The Morgan fingerprint density at radius 1 is 1.09 bits per heavy atom. The van der Waals surface area contributed by atoms with Crippen molar-refractivity contribution in [2.24, 2.45) is 5.73 Å². The van der Waals surface area contributed by atoms with Gasteiger partial charge in [-0.2, -0.15) is 0 Å². The average molecular weight is 469 g/mol. The third kappa shape index (κ3) is 4.33. The number of carbonyl (C=O) groups is 1. The van der Waals surface area contributed by atoms with Crippen LogP contribution in [-0.2, 0) is 11.2 Å². The van der Waals surface area contributed by atoms with E-state index in [4.69, 9.17) is 15.6 Å². The number of hydrogen-bond acceptors (Lipinski definition) is 6. The van der Waals surface area contributed by atoms with Crippen LogP contribution in [-0.4, -0.2) is 51.6 Å². The zero-order valence-electron chi connectivity index (χ0n) is 19.5. The first-order valence-electron chi connectivity index (χ1n) is 12.1. The molecule has 6 rings (SSSR count). The van der Waals surface area contributed by atoms with Crippen molar-refractivity contribution in [3.05, 3.63) is 71.9 Å². The highest BCUT2D eigenvalue weighted by Crippen LogP contribution is 2.37. The first-order chi connectivity index (χ1) is 17.1. The van der Waals surface area contributed by atoms with E-state index in [1.165, 1.54) is 11.1 Å². The number of carbonyl (C=O) groups excluding carboxylic acids is 1. The van der Waals surface area contributed by atoms with Gasteiger partial charge in [-0.1, -0.05) is 24.3 Å². The minimum absolute atomic E-state index is 0.257. The molecule has 2 aliphatic heterocycles. The maximum atomic E-state index is 11.2. The highest BCUT2D eigenvalue weighted by molar-refractivity contribution is 5.76. The van der Waals surface area contributed by atoms with Gasteiger partial charge >= 0.3 is 0 Å². The Hall–Kier alpha value is -3.91. The van der Waals surface area contributed by atoms with Crippen LogP contribution in [0.4, 0.5) is 11.6 Å². The molecule has 1 fully saturated rings. The smallest absolute Gasteiger partial charge is 0.245 e. The molecule has 2 aliphatic rings. The minimum Gasteiger partial charge on any atom is -0.492 e. The normalized spacial score (nSPS) is 16.2. The molecule has 2 aromatic carbocycles. The van der Waals surface area contributed by atoms with E-state index in [2.05, 4.69) is 63.7 Å². The summed E-state index contributed by atoms with van der Waals surface area (Å²) >= 11 is 0. The van der Waals surface area contributed by atoms with Crippen molar-refractivity contribution in [2.45, 2.75) is 25.2 Å². The van der Waals surface area contributed by atoms with Crippen LogP contribution in [0.5, 0.6) is 5.75 Å². The van der Waals surface area contributed by atoms with E-state index in [1.807, 2.05) is 16.8 Å². The van der Waals surface area contributed by atoms with Gasteiger partial charge in [0.2, 0.25) is 11.9 Å². The molecule has 0 atom stereocenters. The van der Waals surface area contributed by atoms with E-state index < -0.39 is 0 Å². The number of nitrogens with two attached hydrogens (primary N) is 1. The monoisotopic (exact) mass is 468 g/mol. The van der Waals surface area contributed by atoms with Gasteiger partial charge in [-0.15, -0.1) is 5.10 Å². The maximum Gasteiger partial charge on any atom is 0.245 e. The fourth-order valence-corrected chi connectivity index (χ4v) is 5.19. The van der Waals surface area contributed by atoms with E-state index in [9.17, 15) is 4.79 Å². The van der Waals surface area contributed by atoms with Crippen molar-refractivity contribution < 1.29 is 9.53 Å². The number of aromatic nitrogens is 3. The molecule has 0 saturated carbocycles. The largest absolute Gasteiger partial charge is 0.492 e. The standard InChI is InChI=1S/C27H28N6O2/c28-25(34)17-32-13-10-19(11-14-32)18-4-6-21(7-5-18)30-27-29-16-22-8-9-24(33(22)31-27)23-3-1-2-20-12-15-35-26(20)23/h1-9,16,19H,10-15,17H2,(H2,28,34)(H,30,31). The summed E-state index contributed by atoms with van der Waals surface area (Å²) in [5.74, 6) is 1.73. The summed E-state index contributed by atoms with van der Waals surface area (Å²) in [5.41, 5.74) is 11.8. The van der Waals surface area contributed by atoms with Crippen LogP contribution >= 0.6 is 0 Å². The predicted molar refractivity (Wildman–Crippen MR) is 135 cm³/mol. The number of fused-ring (bicyclic) bond motifs is 2. The Kier molecular flexibility index (Phi) is 5.58. The second-order valence-corrected chi connectivity index (χ2v) is 9.29. The molecule has 0 spiro atoms. The Bertz CT molecular complexity index is 1370. The van der Waals surface area contributed by atoms with Gasteiger partial charge in [0.1, 0.15) is 5.75 Å². The Labute approximate surface area is 203 Å². The summed E-state index contributed by atoms with van der Waals surface area (Å²) in [6.45, 7) is 2.87. The molecular weight excluding hydrogens is 440 g/mol. The van der Waals surface area contributed by atoms with Gasteiger partial charge in [0.05, 0.1) is 30.6 Å². The number of primary amides is 1. The van der Waals surface area contributed by atoms with Crippen molar-refractivity contribution >= 4 is 23.1 Å². The number of nitrogens with zero attached hydrogens (tertiary/aromatic N) is 4. The van der Waals surface area contributed by atoms with Gasteiger partial charge in [0.25, 0.3) is 0 Å². The molecule has 8 heteroatoms. The molecule has 4 aromatic rings. The SMILES string of the molecule is NC(=O)CN1CCC(c2ccc(Nc3ncc4ccc(-c5cccc6c5OCC6)n4n3)cc2)CC1. The second-order valence-electron chi connectivity index (χ2n) is 9.29. The van der Waals surface area contributed by atoms with Gasteiger partial charge in [-0.3, -0.25) is 9.69 Å². The molecule has 1 saturated heterocycles. The average Bonchev–Trinajstić information content (AvgIpc) is 3.52. The number of nitrogens with one attached hydrogen (secondary N) is 1. The van der Waals surface area contributed by atoms with Crippen LogP contribution in [0.15, 0.2) is 60.8 Å². The number of likely N-dealkylation sites (tertiary alicyclic amines) is 1. The second kappa shape index (κ2) is 9.03. The molecule has 0 radical (unpaired) electrons. The highest BCUT2D eigenvalue weighted by Gasteiger charge is 2.22. The molecule has 8 nitrogen and oxygen atoms in total. The fraction of sp³-hybridized carbons (Fsp3) is 0.296. The van der Waals surface area contributed by atoms with Crippen molar-refractivity contribution in [2.75, 3.05) is 31.6 Å². The predicted octanol–water partition coefficient (Wildman–Crippen LogP) is 3.74. The summed E-state index contributed by atoms with van der Waals surface area (Å²) < 4.78 is 7.83. The highest BCUT2D eigenvalue weighted by atomic mass is 16.5. The number of amides is 1. The molecule has 35 heavy (non-hydrogen) atoms. The molecular formula is C27H28N6O2. The number of rotatable bonds is 6. The third-order valence-corrected chi connectivity index (χ3v) is 6.99. The van der Waals surface area contributed by atoms with Crippen LogP contribution < -0.4 is 15.8 Å². The number of para-hydroxylation sites is 1. The Morgan fingerprint density at radius 2 is 1.91 bits per heavy atom.